The van der Waals surface area contributed by atoms with Gasteiger partial charge in [0.2, 0.25) is 0 Å². The van der Waals surface area contributed by atoms with E-state index in [2.05, 4.69) is 21.2 Å². The SMILES string of the molecule is CC(O)CNc1ccc(Cl)c(Br)c1. The zero-order valence-electron chi connectivity index (χ0n) is 7.22. The van der Waals surface area contributed by atoms with Gasteiger partial charge in [0.05, 0.1) is 11.1 Å². The lowest BCUT2D eigenvalue weighted by atomic mass is 10.3. The lowest BCUT2D eigenvalue weighted by Gasteiger charge is -2.08. The van der Waals surface area contributed by atoms with Crippen LogP contribution in [0.15, 0.2) is 22.7 Å². The molecule has 0 bridgehead atoms. The Morgan fingerprint density at radius 3 is 2.85 bits per heavy atom. The molecule has 0 fully saturated rings. The van der Waals surface area contributed by atoms with Crippen LogP contribution in [0.25, 0.3) is 0 Å². The van der Waals surface area contributed by atoms with Gasteiger partial charge in [0, 0.05) is 16.7 Å². The predicted octanol–water partition coefficient (Wildman–Crippen LogP) is 2.90. The van der Waals surface area contributed by atoms with Gasteiger partial charge in [-0.1, -0.05) is 11.6 Å². The van der Waals surface area contributed by atoms with Gasteiger partial charge in [0.25, 0.3) is 0 Å². The van der Waals surface area contributed by atoms with Gasteiger partial charge in [-0.15, -0.1) is 0 Å². The van der Waals surface area contributed by atoms with Crippen molar-refractivity contribution in [3.63, 3.8) is 0 Å². The number of hydrogen-bond donors (Lipinski definition) is 2. The van der Waals surface area contributed by atoms with E-state index in [1.807, 2.05) is 12.1 Å². The van der Waals surface area contributed by atoms with Crippen LogP contribution >= 0.6 is 27.5 Å². The molecule has 1 rings (SSSR count). The molecule has 0 spiro atoms. The first-order valence-corrected chi connectivity index (χ1v) is 5.13. The molecule has 0 saturated carbocycles. The number of anilines is 1. The summed E-state index contributed by atoms with van der Waals surface area (Å²) < 4.78 is 0.852. The number of nitrogens with one attached hydrogen (secondary N) is 1. The van der Waals surface area contributed by atoms with Crippen molar-refractivity contribution in [2.45, 2.75) is 13.0 Å². The van der Waals surface area contributed by atoms with Crippen LogP contribution in [-0.2, 0) is 0 Å². The second kappa shape index (κ2) is 4.84. The van der Waals surface area contributed by atoms with Gasteiger partial charge >= 0.3 is 0 Å². The molecule has 1 atom stereocenters. The molecule has 0 aliphatic rings. The number of rotatable bonds is 3. The summed E-state index contributed by atoms with van der Waals surface area (Å²) in [5.74, 6) is 0. The topological polar surface area (TPSA) is 32.3 Å². The van der Waals surface area contributed by atoms with Crippen LogP contribution in [0.4, 0.5) is 5.69 Å². The van der Waals surface area contributed by atoms with Crippen molar-refractivity contribution in [2.24, 2.45) is 0 Å². The monoisotopic (exact) mass is 263 g/mol. The molecule has 0 aliphatic heterocycles. The third-order valence-electron chi connectivity index (χ3n) is 1.52. The van der Waals surface area contributed by atoms with E-state index in [9.17, 15) is 0 Å². The van der Waals surface area contributed by atoms with Crippen LogP contribution < -0.4 is 5.32 Å². The molecule has 0 heterocycles. The van der Waals surface area contributed by atoms with Gasteiger partial charge in [0.15, 0.2) is 0 Å². The van der Waals surface area contributed by atoms with E-state index in [1.54, 1.807) is 13.0 Å². The highest BCUT2D eigenvalue weighted by molar-refractivity contribution is 9.10. The second-order valence-corrected chi connectivity index (χ2v) is 4.12. The fourth-order valence-electron chi connectivity index (χ4n) is 0.872. The molecule has 2 N–H and O–H groups in total. The minimum atomic E-state index is -0.352. The lowest BCUT2D eigenvalue weighted by molar-refractivity contribution is 0.208. The van der Waals surface area contributed by atoms with Crippen LogP contribution in [0.2, 0.25) is 5.02 Å². The van der Waals surface area contributed by atoms with Crippen LogP contribution in [0, 0.1) is 0 Å². The van der Waals surface area contributed by atoms with Gasteiger partial charge in [-0.3, -0.25) is 0 Å². The Hall–Kier alpha value is -0.250. The maximum Gasteiger partial charge on any atom is 0.0684 e. The summed E-state index contributed by atoms with van der Waals surface area (Å²) >= 11 is 9.14. The molecule has 0 aliphatic carbocycles. The largest absolute Gasteiger partial charge is 0.392 e. The third-order valence-corrected chi connectivity index (χ3v) is 2.74. The van der Waals surface area contributed by atoms with Crippen molar-refractivity contribution in [2.75, 3.05) is 11.9 Å². The highest BCUT2D eigenvalue weighted by Crippen LogP contribution is 2.25. The maximum absolute atomic E-state index is 9.04. The van der Waals surface area contributed by atoms with E-state index < -0.39 is 0 Å². The van der Waals surface area contributed by atoms with E-state index in [4.69, 9.17) is 16.7 Å². The number of aliphatic hydroxyl groups excluding tert-OH is 1. The fraction of sp³-hybridized carbons (Fsp3) is 0.333. The van der Waals surface area contributed by atoms with Gasteiger partial charge in [0.1, 0.15) is 0 Å². The first kappa shape index (κ1) is 10.8. The Kier molecular flexibility index (Phi) is 4.03. The quantitative estimate of drug-likeness (QED) is 0.880. The van der Waals surface area contributed by atoms with E-state index in [0.717, 1.165) is 10.2 Å². The standard InChI is InChI=1S/C9H11BrClNO/c1-6(13)5-12-7-2-3-9(11)8(10)4-7/h2-4,6,12-13H,5H2,1H3. The van der Waals surface area contributed by atoms with Crippen molar-refractivity contribution in [1.82, 2.24) is 0 Å². The predicted molar refractivity (Wildman–Crippen MR) is 59.3 cm³/mol. The van der Waals surface area contributed by atoms with Crippen LogP contribution in [0.3, 0.4) is 0 Å². The summed E-state index contributed by atoms with van der Waals surface area (Å²) in [5.41, 5.74) is 0.942. The number of halogens is 2. The Balaban J connectivity index is 2.63. The summed E-state index contributed by atoms with van der Waals surface area (Å²) in [7, 11) is 0. The van der Waals surface area contributed by atoms with Crippen molar-refractivity contribution in [3.8, 4) is 0 Å². The Morgan fingerprint density at radius 1 is 1.62 bits per heavy atom. The maximum atomic E-state index is 9.04. The zero-order chi connectivity index (χ0) is 9.84. The third kappa shape index (κ3) is 3.55. The smallest absolute Gasteiger partial charge is 0.0684 e. The molecule has 0 amide bonds. The van der Waals surface area contributed by atoms with E-state index in [0.29, 0.717) is 11.6 Å². The molecule has 0 saturated heterocycles. The van der Waals surface area contributed by atoms with E-state index in [1.165, 1.54) is 0 Å². The molecule has 4 heteroatoms. The highest BCUT2D eigenvalue weighted by atomic mass is 79.9. The molecule has 13 heavy (non-hydrogen) atoms. The zero-order valence-corrected chi connectivity index (χ0v) is 9.56. The molecule has 0 radical (unpaired) electrons. The molecular formula is C9H11BrClNO. The summed E-state index contributed by atoms with van der Waals surface area (Å²) in [6.07, 6.45) is -0.352. The van der Waals surface area contributed by atoms with Gasteiger partial charge in [-0.25, -0.2) is 0 Å². The molecule has 72 valence electrons. The lowest BCUT2D eigenvalue weighted by Crippen LogP contribution is -2.15. The minimum Gasteiger partial charge on any atom is -0.392 e. The van der Waals surface area contributed by atoms with Crippen LogP contribution in [0.1, 0.15) is 6.92 Å². The first-order chi connectivity index (χ1) is 6.09. The van der Waals surface area contributed by atoms with Crippen molar-refractivity contribution in [3.05, 3.63) is 27.7 Å². The van der Waals surface area contributed by atoms with Gasteiger partial charge in [-0.2, -0.15) is 0 Å². The number of benzene rings is 1. The molecular weight excluding hydrogens is 253 g/mol. The van der Waals surface area contributed by atoms with Crippen LogP contribution in [-0.4, -0.2) is 17.8 Å². The number of aliphatic hydroxyl groups is 1. The Morgan fingerprint density at radius 2 is 2.31 bits per heavy atom. The van der Waals surface area contributed by atoms with E-state index >= 15 is 0 Å². The summed E-state index contributed by atoms with van der Waals surface area (Å²) in [6, 6.07) is 5.55. The Labute approximate surface area is 91.0 Å². The van der Waals surface area contributed by atoms with Crippen molar-refractivity contribution < 1.29 is 5.11 Å². The average molecular weight is 265 g/mol. The minimum absolute atomic E-state index is 0.352. The Bertz CT molecular complexity index is 291. The second-order valence-electron chi connectivity index (χ2n) is 2.86. The molecule has 0 aromatic heterocycles. The molecule has 1 aromatic carbocycles. The van der Waals surface area contributed by atoms with Gasteiger partial charge < -0.3 is 10.4 Å². The molecule has 2 nitrogen and oxygen atoms in total. The average Bonchev–Trinajstić information content (AvgIpc) is 2.07. The highest BCUT2D eigenvalue weighted by Gasteiger charge is 1.99. The van der Waals surface area contributed by atoms with Crippen molar-refractivity contribution in [1.29, 1.82) is 0 Å². The first-order valence-electron chi connectivity index (χ1n) is 3.96. The van der Waals surface area contributed by atoms with Crippen LogP contribution in [0.5, 0.6) is 0 Å². The normalized spacial score (nSPS) is 12.6. The summed E-state index contributed by atoms with van der Waals surface area (Å²) in [4.78, 5) is 0. The number of hydrogen-bond acceptors (Lipinski definition) is 2. The molecule has 1 unspecified atom stereocenters. The summed E-state index contributed by atoms with van der Waals surface area (Å²) in [6.45, 7) is 2.27. The van der Waals surface area contributed by atoms with Crippen molar-refractivity contribution >= 4 is 33.2 Å². The summed E-state index contributed by atoms with van der Waals surface area (Å²) in [5, 5.41) is 12.8. The van der Waals surface area contributed by atoms with Gasteiger partial charge in [-0.05, 0) is 41.1 Å². The van der Waals surface area contributed by atoms with E-state index in [-0.39, 0.29) is 6.10 Å². The molecule has 1 aromatic rings. The fourth-order valence-corrected chi connectivity index (χ4v) is 1.37.